The maximum absolute atomic E-state index is 11.0. The minimum Gasteiger partial charge on any atom is -0.466 e. The highest BCUT2D eigenvalue weighted by molar-refractivity contribution is 5.69. The van der Waals surface area contributed by atoms with Gasteiger partial charge in [0.25, 0.3) is 0 Å². The first-order valence-corrected chi connectivity index (χ1v) is 5.53. The van der Waals surface area contributed by atoms with Gasteiger partial charge in [-0.15, -0.1) is 0 Å². The third-order valence-electron chi connectivity index (χ3n) is 2.13. The molecule has 0 saturated carbocycles. The van der Waals surface area contributed by atoms with Crippen LogP contribution in [0.3, 0.4) is 0 Å². The molecule has 0 spiro atoms. The van der Waals surface area contributed by atoms with Gasteiger partial charge in [-0.1, -0.05) is 6.42 Å². The van der Waals surface area contributed by atoms with Gasteiger partial charge in [0.2, 0.25) is 0 Å². The first-order chi connectivity index (χ1) is 7.20. The molecule has 0 aliphatic rings. The summed E-state index contributed by atoms with van der Waals surface area (Å²) in [5.41, 5.74) is 0. The third kappa shape index (κ3) is 9.69. The first-order valence-electron chi connectivity index (χ1n) is 5.53. The number of unbranched alkanes of at least 4 members (excludes halogenated alkanes) is 1. The van der Waals surface area contributed by atoms with Crippen molar-refractivity contribution in [1.82, 2.24) is 0 Å². The van der Waals surface area contributed by atoms with Gasteiger partial charge in [-0.25, -0.2) is 0 Å². The first kappa shape index (κ1) is 14.4. The van der Waals surface area contributed by atoms with Crippen LogP contribution in [0.25, 0.3) is 0 Å². The number of carbonyl (C=O) groups excluding carboxylic acids is 1. The SMILES string of the molecule is CCOC(=O)CCCC[C@H](O)CCOC. The van der Waals surface area contributed by atoms with E-state index in [4.69, 9.17) is 9.47 Å². The Morgan fingerprint density at radius 1 is 1.33 bits per heavy atom. The highest BCUT2D eigenvalue weighted by Gasteiger charge is 2.05. The van der Waals surface area contributed by atoms with E-state index in [0.717, 1.165) is 19.3 Å². The van der Waals surface area contributed by atoms with Gasteiger partial charge in [-0.05, 0) is 26.2 Å². The molecule has 0 aromatic heterocycles. The molecular weight excluding hydrogens is 196 g/mol. The maximum atomic E-state index is 11.0. The van der Waals surface area contributed by atoms with Crippen molar-refractivity contribution in [2.45, 2.75) is 45.1 Å². The predicted octanol–water partition coefficient (Wildman–Crippen LogP) is 1.51. The zero-order valence-electron chi connectivity index (χ0n) is 9.70. The number of hydrogen-bond acceptors (Lipinski definition) is 4. The van der Waals surface area contributed by atoms with Crippen LogP contribution < -0.4 is 0 Å². The van der Waals surface area contributed by atoms with Gasteiger partial charge in [-0.3, -0.25) is 4.79 Å². The topological polar surface area (TPSA) is 55.8 Å². The van der Waals surface area contributed by atoms with Crippen molar-refractivity contribution in [2.75, 3.05) is 20.3 Å². The lowest BCUT2D eigenvalue weighted by atomic mass is 10.1. The van der Waals surface area contributed by atoms with Crippen LogP contribution in [0.2, 0.25) is 0 Å². The second-order valence-corrected chi connectivity index (χ2v) is 3.49. The van der Waals surface area contributed by atoms with Crippen LogP contribution in [0.5, 0.6) is 0 Å². The fraction of sp³-hybridized carbons (Fsp3) is 0.909. The lowest BCUT2D eigenvalue weighted by Gasteiger charge is -2.09. The molecule has 0 aliphatic carbocycles. The molecule has 0 saturated heterocycles. The predicted molar refractivity (Wildman–Crippen MR) is 57.6 cm³/mol. The van der Waals surface area contributed by atoms with E-state index in [9.17, 15) is 9.90 Å². The Morgan fingerprint density at radius 2 is 2.07 bits per heavy atom. The monoisotopic (exact) mass is 218 g/mol. The zero-order chi connectivity index (χ0) is 11.5. The van der Waals surface area contributed by atoms with E-state index in [2.05, 4.69) is 0 Å². The van der Waals surface area contributed by atoms with Gasteiger partial charge in [0.15, 0.2) is 0 Å². The van der Waals surface area contributed by atoms with E-state index < -0.39 is 0 Å². The van der Waals surface area contributed by atoms with E-state index in [-0.39, 0.29) is 12.1 Å². The van der Waals surface area contributed by atoms with Crippen LogP contribution in [0.4, 0.5) is 0 Å². The van der Waals surface area contributed by atoms with Gasteiger partial charge in [-0.2, -0.15) is 0 Å². The Hall–Kier alpha value is -0.610. The Morgan fingerprint density at radius 3 is 2.67 bits per heavy atom. The lowest BCUT2D eigenvalue weighted by Crippen LogP contribution is -2.10. The molecule has 0 aromatic carbocycles. The summed E-state index contributed by atoms with van der Waals surface area (Å²) < 4.78 is 9.65. The molecule has 0 bridgehead atoms. The van der Waals surface area contributed by atoms with E-state index in [0.29, 0.717) is 26.1 Å². The third-order valence-corrected chi connectivity index (χ3v) is 2.13. The Bertz CT molecular complexity index is 159. The number of ether oxygens (including phenoxy) is 2. The summed E-state index contributed by atoms with van der Waals surface area (Å²) in [6, 6.07) is 0. The molecule has 1 N–H and O–H groups in total. The lowest BCUT2D eigenvalue weighted by molar-refractivity contribution is -0.143. The molecule has 0 rings (SSSR count). The molecule has 4 nitrogen and oxygen atoms in total. The summed E-state index contributed by atoms with van der Waals surface area (Å²) >= 11 is 0. The van der Waals surface area contributed by atoms with Gasteiger partial charge >= 0.3 is 5.97 Å². The van der Waals surface area contributed by atoms with E-state index in [1.165, 1.54) is 0 Å². The molecule has 4 heteroatoms. The summed E-state index contributed by atoms with van der Waals surface area (Å²) in [4.78, 5) is 11.0. The Kier molecular flexibility index (Phi) is 9.52. The molecule has 0 radical (unpaired) electrons. The molecule has 1 atom stereocenters. The normalized spacial score (nSPS) is 12.5. The molecule has 15 heavy (non-hydrogen) atoms. The summed E-state index contributed by atoms with van der Waals surface area (Å²) in [7, 11) is 1.62. The van der Waals surface area contributed by atoms with Crippen LogP contribution in [-0.2, 0) is 14.3 Å². The maximum Gasteiger partial charge on any atom is 0.305 e. The van der Waals surface area contributed by atoms with Gasteiger partial charge < -0.3 is 14.6 Å². The van der Waals surface area contributed by atoms with E-state index >= 15 is 0 Å². The van der Waals surface area contributed by atoms with Crippen molar-refractivity contribution in [3.63, 3.8) is 0 Å². The van der Waals surface area contributed by atoms with Crippen LogP contribution in [0.15, 0.2) is 0 Å². The summed E-state index contributed by atoms with van der Waals surface area (Å²) in [6.45, 7) is 2.82. The fourth-order valence-electron chi connectivity index (χ4n) is 1.28. The Balaban J connectivity index is 3.26. The molecule has 0 fully saturated rings. The number of esters is 1. The largest absolute Gasteiger partial charge is 0.466 e. The molecular formula is C11H22O4. The summed E-state index contributed by atoms with van der Waals surface area (Å²) in [5.74, 6) is -0.149. The number of rotatable bonds is 9. The van der Waals surface area contributed by atoms with E-state index in [1.807, 2.05) is 0 Å². The number of hydrogen-bond donors (Lipinski definition) is 1. The molecule has 0 unspecified atom stereocenters. The second-order valence-electron chi connectivity index (χ2n) is 3.49. The van der Waals surface area contributed by atoms with Crippen molar-refractivity contribution in [3.05, 3.63) is 0 Å². The van der Waals surface area contributed by atoms with Gasteiger partial charge in [0.05, 0.1) is 12.7 Å². The molecule has 90 valence electrons. The number of methoxy groups -OCH3 is 1. The molecule has 0 aliphatic heterocycles. The van der Waals surface area contributed by atoms with Crippen LogP contribution in [-0.4, -0.2) is 37.5 Å². The fourth-order valence-corrected chi connectivity index (χ4v) is 1.28. The number of aliphatic hydroxyl groups excluding tert-OH is 1. The van der Waals surface area contributed by atoms with Crippen LogP contribution >= 0.6 is 0 Å². The standard InChI is InChI=1S/C11H22O4/c1-3-15-11(13)7-5-4-6-10(12)8-9-14-2/h10,12H,3-9H2,1-2H3/t10-/m0/s1. The van der Waals surface area contributed by atoms with Crippen molar-refractivity contribution < 1.29 is 19.4 Å². The average Bonchev–Trinajstić information content (AvgIpc) is 2.22. The Labute approximate surface area is 91.6 Å². The van der Waals surface area contributed by atoms with E-state index in [1.54, 1.807) is 14.0 Å². The summed E-state index contributed by atoms with van der Waals surface area (Å²) in [5, 5.41) is 9.45. The van der Waals surface area contributed by atoms with Crippen LogP contribution in [0, 0.1) is 0 Å². The van der Waals surface area contributed by atoms with Gasteiger partial charge in [0, 0.05) is 20.1 Å². The molecule has 0 amide bonds. The van der Waals surface area contributed by atoms with Crippen molar-refractivity contribution in [2.24, 2.45) is 0 Å². The van der Waals surface area contributed by atoms with Crippen molar-refractivity contribution in [3.8, 4) is 0 Å². The second kappa shape index (κ2) is 9.93. The zero-order valence-corrected chi connectivity index (χ0v) is 9.70. The highest BCUT2D eigenvalue weighted by Crippen LogP contribution is 2.07. The van der Waals surface area contributed by atoms with Crippen molar-refractivity contribution >= 4 is 5.97 Å². The quantitative estimate of drug-likeness (QED) is 0.471. The minimum absolute atomic E-state index is 0.149. The average molecular weight is 218 g/mol. The summed E-state index contributed by atoms with van der Waals surface area (Å²) in [6.07, 6.45) is 3.16. The van der Waals surface area contributed by atoms with Gasteiger partial charge in [0.1, 0.15) is 0 Å². The highest BCUT2D eigenvalue weighted by atomic mass is 16.5. The van der Waals surface area contributed by atoms with Crippen molar-refractivity contribution in [1.29, 1.82) is 0 Å². The smallest absolute Gasteiger partial charge is 0.305 e. The minimum atomic E-state index is -0.313. The molecule has 0 heterocycles. The van der Waals surface area contributed by atoms with Crippen LogP contribution in [0.1, 0.15) is 39.0 Å². The number of carbonyl (C=O) groups is 1. The number of aliphatic hydroxyl groups is 1. The molecule has 0 aromatic rings.